The van der Waals surface area contributed by atoms with Gasteiger partial charge in [-0.1, -0.05) is 36.4 Å². The normalized spacial score (nSPS) is 17.7. The minimum absolute atomic E-state index is 0.0933. The third-order valence-corrected chi connectivity index (χ3v) is 7.79. The molecular formula is C28H26N4O6. The first-order chi connectivity index (χ1) is 18.2. The fourth-order valence-electron chi connectivity index (χ4n) is 5.84. The first-order valence-electron chi connectivity index (χ1n) is 12.3. The van der Waals surface area contributed by atoms with Crippen LogP contribution in [0.2, 0.25) is 0 Å². The van der Waals surface area contributed by atoms with Crippen molar-refractivity contribution in [3.05, 3.63) is 109 Å². The highest BCUT2D eigenvalue weighted by molar-refractivity contribution is 6.16. The van der Waals surface area contributed by atoms with Crippen LogP contribution in [0.4, 0.5) is 17.1 Å². The van der Waals surface area contributed by atoms with Crippen LogP contribution < -0.4 is 10.2 Å². The highest BCUT2D eigenvalue weighted by atomic mass is 16.6. The van der Waals surface area contributed by atoms with Crippen LogP contribution in [0.15, 0.2) is 60.7 Å². The van der Waals surface area contributed by atoms with Crippen LogP contribution in [-0.2, 0) is 5.41 Å². The van der Waals surface area contributed by atoms with Gasteiger partial charge in [0, 0.05) is 45.5 Å². The van der Waals surface area contributed by atoms with E-state index in [1.54, 1.807) is 32.0 Å². The molecule has 194 valence electrons. The number of benzene rings is 3. The molecule has 2 heterocycles. The smallest absolute Gasteiger partial charge is 0.273 e. The number of ketones is 1. The lowest BCUT2D eigenvalue weighted by atomic mass is 9.68. The summed E-state index contributed by atoms with van der Waals surface area (Å²) in [6.45, 7) is 4.46. The van der Waals surface area contributed by atoms with Gasteiger partial charge in [0.05, 0.1) is 9.85 Å². The molecule has 0 aliphatic carbocycles. The van der Waals surface area contributed by atoms with Crippen molar-refractivity contribution in [2.24, 2.45) is 0 Å². The number of hydrogen-bond donors (Lipinski definition) is 1. The first-order valence-corrected chi connectivity index (χ1v) is 12.3. The molecule has 1 saturated heterocycles. The van der Waals surface area contributed by atoms with E-state index in [1.807, 2.05) is 12.1 Å². The molecule has 1 amide bonds. The van der Waals surface area contributed by atoms with Crippen molar-refractivity contribution in [1.82, 2.24) is 5.32 Å². The Morgan fingerprint density at radius 2 is 1.42 bits per heavy atom. The molecule has 3 aromatic rings. The van der Waals surface area contributed by atoms with E-state index in [2.05, 4.69) is 5.32 Å². The Kier molecular flexibility index (Phi) is 6.28. The van der Waals surface area contributed by atoms with Crippen molar-refractivity contribution in [2.75, 3.05) is 18.0 Å². The van der Waals surface area contributed by atoms with Gasteiger partial charge in [-0.25, -0.2) is 0 Å². The number of Topliss-reactive ketones (excluding diaryl/α,β-unsaturated/α-hetero) is 1. The SMILES string of the molecule is Cc1ccc(C(=O)[C@@H]2N(C(=O)c3ccc(C)c([N+](=O)[O-])c3)c3ccccc3C23CCNCC3)cc1[N+](=O)[O-]. The fraction of sp³-hybridized carbons (Fsp3) is 0.286. The predicted octanol–water partition coefficient (Wildman–Crippen LogP) is 4.65. The van der Waals surface area contributed by atoms with Crippen LogP contribution in [0.1, 0.15) is 50.2 Å². The molecular weight excluding hydrogens is 488 g/mol. The third kappa shape index (κ3) is 3.93. The molecule has 3 aromatic carbocycles. The fourth-order valence-corrected chi connectivity index (χ4v) is 5.84. The summed E-state index contributed by atoms with van der Waals surface area (Å²) in [5.41, 5.74) is 1.45. The number of anilines is 1. The Bertz CT molecular complexity index is 1490. The summed E-state index contributed by atoms with van der Waals surface area (Å²) in [5.74, 6) is -0.933. The molecule has 0 radical (unpaired) electrons. The van der Waals surface area contributed by atoms with E-state index in [-0.39, 0.29) is 22.5 Å². The van der Waals surface area contributed by atoms with Gasteiger partial charge in [0.15, 0.2) is 5.78 Å². The summed E-state index contributed by atoms with van der Waals surface area (Å²) >= 11 is 0. The van der Waals surface area contributed by atoms with E-state index in [0.29, 0.717) is 42.7 Å². The summed E-state index contributed by atoms with van der Waals surface area (Å²) in [4.78, 5) is 52.0. The maximum Gasteiger partial charge on any atom is 0.273 e. The van der Waals surface area contributed by atoms with Crippen LogP contribution in [0.25, 0.3) is 0 Å². The zero-order chi connectivity index (χ0) is 27.2. The van der Waals surface area contributed by atoms with Crippen LogP contribution in [-0.4, -0.2) is 40.7 Å². The van der Waals surface area contributed by atoms with Crippen molar-refractivity contribution in [3.8, 4) is 0 Å². The Morgan fingerprint density at radius 3 is 2.03 bits per heavy atom. The van der Waals surface area contributed by atoms with Gasteiger partial charge in [0.25, 0.3) is 17.3 Å². The number of nitro groups is 2. The van der Waals surface area contributed by atoms with Gasteiger partial charge in [-0.15, -0.1) is 0 Å². The van der Waals surface area contributed by atoms with Crippen molar-refractivity contribution in [1.29, 1.82) is 0 Å². The average molecular weight is 515 g/mol. The summed E-state index contributed by atoms with van der Waals surface area (Å²) < 4.78 is 0. The first kappa shape index (κ1) is 25.2. The number of piperidine rings is 1. The van der Waals surface area contributed by atoms with Gasteiger partial charge in [0.2, 0.25) is 0 Å². The van der Waals surface area contributed by atoms with Gasteiger partial charge >= 0.3 is 0 Å². The molecule has 5 rings (SSSR count). The van der Waals surface area contributed by atoms with Crippen LogP contribution in [0.3, 0.4) is 0 Å². The molecule has 1 fully saturated rings. The second kappa shape index (κ2) is 9.46. The van der Waals surface area contributed by atoms with E-state index >= 15 is 0 Å². The molecule has 0 aromatic heterocycles. The lowest BCUT2D eigenvalue weighted by molar-refractivity contribution is -0.385. The van der Waals surface area contributed by atoms with E-state index in [0.717, 1.165) is 5.56 Å². The van der Waals surface area contributed by atoms with E-state index in [9.17, 15) is 29.8 Å². The number of amides is 1. The predicted molar refractivity (Wildman–Crippen MR) is 141 cm³/mol. The minimum Gasteiger partial charge on any atom is -0.317 e. The number of fused-ring (bicyclic) bond motifs is 2. The Balaban J connectivity index is 1.70. The van der Waals surface area contributed by atoms with Gasteiger partial charge in [-0.05, 0) is 57.5 Å². The van der Waals surface area contributed by atoms with Gasteiger partial charge in [0.1, 0.15) is 6.04 Å². The summed E-state index contributed by atoms with van der Waals surface area (Å²) in [5, 5.41) is 26.5. The number of rotatable bonds is 5. The molecule has 10 nitrogen and oxygen atoms in total. The molecule has 0 unspecified atom stereocenters. The number of aryl methyl sites for hydroxylation is 2. The second-order valence-electron chi connectivity index (χ2n) is 9.88. The van der Waals surface area contributed by atoms with Crippen molar-refractivity contribution >= 4 is 28.8 Å². The van der Waals surface area contributed by atoms with E-state index < -0.39 is 33.0 Å². The topological polar surface area (TPSA) is 136 Å². The maximum absolute atomic E-state index is 14.3. The molecule has 0 bridgehead atoms. The molecule has 2 aliphatic rings. The van der Waals surface area contributed by atoms with Crippen molar-refractivity contribution in [2.45, 2.75) is 38.1 Å². The molecule has 2 aliphatic heterocycles. The zero-order valence-electron chi connectivity index (χ0n) is 21.0. The standard InChI is InChI=1S/C28H26N4O6/c1-17-7-9-19(15-23(17)31(35)36)25(33)26-28(11-13-29-14-12-28)21-5-3-4-6-22(21)30(26)27(34)20-10-8-18(2)24(16-20)32(37)38/h3-10,15-16,26,29H,11-14H2,1-2H3/t26-/m0/s1. The largest absolute Gasteiger partial charge is 0.317 e. The summed E-state index contributed by atoms with van der Waals surface area (Å²) in [7, 11) is 0. The molecule has 1 N–H and O–H groups in total. The highest BCUT2D eigenvalue weighted by Gasteiger charge is 2.56. The Labute approximate surface area is 218 Å². The number of hydrogen-bond acceptors (Lipinski definition) is 7. The van der Waals surface area contributed by atoms with Crippen LogP contribution in [0.5, 0.6) is 0 Å². The van der Waals surface area contributed by atoms with Crippen molar-refractivity contribution < 1.29 is 19.4 Å². The quantitative estimate of drug-likeness (QED) is 0.297. The molecule has 0 saturated carbocycles. The monoisotopic (exact) mass is 514 g/mol. The van der Waals surface area contributed by atoms with Crippen LogP contribution >= 0.6 is 0 Å². The third-order valence-electron chi connectivity index (χ3n) is 7.79. The number of carbonyl (C=O) groups excluding carboxylic acids is 2. The summed E-state index contributed by atoms with van der Waals surface area (Å²) in [6.07, 6.45) is 1.15. The number of nitro benzene ring substituents is 2. The van der Waals surface area contributed by atoms with Crippen LogP contribution in [0, 0.1) is 34.1 Å². The van der Waals surface area contributed by atoms with E-state index in [1.165, 1.54) is 35.2 Å². The van der Waals surface area contributed by atoms with E-state index in [4.69, 9.17) is 0 Å². The minimum atomic E-state index is -0.975. The maximum atomic E-state index is 14.3. The summed E-state index contributed by atoms with van der Waals surface area (Å²) in [6, 6.07) is 15.0. The Hall–Kier alpha value is -4.44. The Morgan fingerprint density at radius 1 is 0.868 bits per heavy atom. The molecule has 1 spiro atoms. The van der Waals surface area contributed by atoms with Gasteiger partial charge in [-0.3, -0.25) is 34.7 Å². The zero-order valence-corrected chi connectivity index (χ0v) is 21.0. The lowest BCUT2D eigenvalue weighted by Crippen LogP contribution is -2.55. The lowest BCUT2D eigenvalue weighted by Gasteiger charge is -2.40. The number of carbonyl (C=O) groups is 2. The van der Waals surface area contributed by atoms with Gasteiger partial charge < -0.3 is 5.32 Å². The second-order valence-corrected chi connectivity index (χ2v) is 9.88. The number of nitrogens with zero attached hydrogens (tertiary/aromatic N) is 3. The average Bonchev–Trinajstić information content (AvgIpc) is 3.18. The molecule has 38 heavy (non-hydrogen) atoms. The van der Waals surface area contributed by atoms with Gasteiger partial charge in [-0.2, -0.15) is 0 Å². The molecule has 10 heteroatoms. The number of para-hydroxylation sites is 1. The number of nitrogens with one attached hydrogen (secondary N) is 1. The van der Waals surface area contributed by atoms with Crippen molar-refractivity contribution in [3.63, 3.8) is 0 Å². The highest BCUT2D eigenvalue weighted by Crippen LogP contribution is 2.52. The molecule has 1 atom stereocenters.